The van der Waals surface area contributed by atoms with Crippen LogP contribution >= 0.6 is 16.1 Å². The summed E-state index contributed by atoms with van der Waals surface area (Å²) in [5, 5.41) is 0. The number of halogens is 1. The number of benzene rings is 1. The fraction of sp³-hybridized carbons (Fsp3) is 0.400. The highest BCUT2D eigenvalue weighted by Gasteiger charge is 2.19. The fourth-order valence-electron chi connectivity index (χ4n) is 1.65. The SMILES string of the molecule is CC1CCc2ccccc2N1Br. The minimum Gasteiger partial charge on any atom is -0.306 e. The van der Waals surface area contributed by atoms with Crippen LogP contribution in [0.1, 0.15) is 18.9 Å². The fourth-order valence-corrected chi connectivity index (χ4v) is 2.20. The molecule has 0 N–H and O–H groups in total. The summed E-state index contributed by atoms with van der Waals surface area (Å²) in [5.41, 5.74) is 2.78. The molecule has 2 heteroatoms. The molecule has 0 aliphatic carbocycles. The molecule has 0 fully saturated rings. The van der Waals surface area contributed by atoms with E-state index in [1.807, 2.05) is 0 Å². The Morgan fingerprint density at radius 1 is 1.42 bits per heavy atom. The highest BCUT2D eigenvalue weighted by Crippen LogP contribution is 2.32. The molecule has 1 unspecified atom stereocenters. The van der Waals surface area contributed by atoms with Crippen LogP contribution in [-0.2, 0) is 6.42 Å². The lowest BCUT2D eigenvalue weighted by Crippen LogP contribution is -2.28. The maximum atomic E-state index is 3.59. The van der Waals surface area contributed by atoms with Gasteiger partial charge in [-0.2, -0.15) is 0 Å². The van der Waals surface area contributed by atoms with Crippen LogP contribution in [0.2, 0.25) is 0 Å². The second-order valence-corrected chi connectivity index (χ2v) is 4.09. The lowest BCUT2D eigenvalue weighted by Gasteiger charge is -2.31. The molecule has 1 aliphatic heterocycles. The monoisotopic (exact) mass is 225 g/mol. The molecule has 0 aromatic heterocycles. The number of hydrogen-bond acceptors (Lipinski definition) is 1. The van der Waals surface area contributed by atoms with Gasteiger partial charge >= 0.3 is 0 Å². The minimum absolute atomic E-state index is 0.611. The van der Waals surface area contributed by atoms with E-state index < -0.39 is 0 Å². The molecule has 0 radical (unpaired) electrons. The summed E-state index contributed by atoms with van der Waals surface area (Å²) in [5.74, 6) is 0. The number of rotatable bonds is 0. The molecule has 1 atom stereocenters. The molecule has 0 amide bonds. The Kier molecular flexibility index (Phi) is 2.09. The second kappa shape index (κ2) is 3.09. The van der Waals surface area contributed by atoms with Crippen molar-refractivity contribution in [2.45, 2.75) is 25.8 Å². The first-order valence-corrected chi connectivity index (χ1v) is 5.03. The van der Waals surface area contributed by atoms with E-state index in [0.717, 1.165) is 0 Å². The molecule has 64 valence electrons. The third kappa shape index (κ3) is 1.24. The summed E-state index contributed by atoms with van der Waals surface area (Å²) in [6, 6.07) is 9.18. The molecule has 0 saturated carbocycles. The van der Waals surface area contributed by atoms with Crippen molar-refractivity contribution < 1.29 is 0 Å². The molecule has 0 spiro atoms. The average Bonchev–Trinajstić information content (AvgIpc) is 2.12. The Morgan fingerprint density at radius 3 is 3.00 bits per heavy atom. The van der Waals surface area contributed by atoms with Crippen molar-refractivity contribution in [3.05, 3.63) is 29.8 Å². The molecule has 1 aliphatic rings. The third-order valence-electron chi connectivity index (χ3n) is 2.44. The molecule has 0 saturated heterocycles. The molecule has 1 heterocycles. The number of fused-ring (bicyclic) bond motifs is 1. The van der Waals surface area contributed by atoms with Gasteiger partial charge in [0.25, 0.3) is 0 Å². The van der Waals surface area contributed by atoms with E-state index in [9.17, 15) is 0 Å². The van der Waals surface area contributed by atoms with Crippen molar-refractivity contribution in [2.24, 2.45) is 0 Å². The van der Waals surface area contributed by atoms with Crippen LogP contribution in [-0.4, -0.2) is 6.04 Å². The van der Waals surface area contributed by atoms with Crippen molar-refractivity contribution in [1.29, 1.82) is 0 Å². The van der Waals surface area contributed by atoms with Gasteiger partial charge in [0.05, 0.1) is 5.69 Å². The highest BCUT2D eigenvalue weighted by atomic mass is 79.9. The Hall–Kier alpha value is -0.500. The summed E-state index contributed by atoms with van der Waals surface area (Å²) in [6.07, 6.45) is 2.45. The molecule has 1 aromatic rings. The van der Waals surface area contributed by atoms with Crippen molar-refractivity contribution in [2.75, 3.05) is 3.93 Å². The number of anilines is 1. The smallest absolute Gasteiger partial charge is 0.0505 e. The molecule has 0 bridgehead atoms. The topological polar surface area (TPSA) is 3.24 Å². The van der Waals surface area contributed by atoms with Crippen LogP contribution in [0.5, 0.6) is 0 Å². The second-order valence-electron chi connectivity index (χ2n) is 3.33. The Labute approximate surface area is 81.7 Å². The van der Waals surface area contributed by atoms with Gasteiger partial charge in [0, 0.05) is 22.2 Å². The normalized spacial score (nSPS) is 22.2. The van der Waals surface area contributed by atoms with Crippen LogP contribution in [0.4, 0.5) is 5.69 Å². The number of hydrogen-bond donors (Lipinski definition) is 0. The first-order chi connectivity index (χ1) is 5.79. The number of para-hydroxylation sites is 1. The van der Waals surface area contributed by atoms with Gasteiger partial charge in [-0.25, -0.2) is 0 Å². The molecular formula is C10H12BrN. The maximum Gasteiger partial charge on any atom is 0.0505 e. The quantitative estimate of drug-likeness (QED) is 0.614. The van der Waals surface area contributed by atoms with Crippen molar-refractivity contribution in [3.8, 4) is 0 Å². The zero-order chi connectivity index (χ0) is 8.55. The molecule has 2 rings (SSSR count). The van der Waals surface area contributed by atoms with Crippen LogP contribution in [0.3, 0.4) is 0 Å². The zero-order valence-electron chi connectivity index (χ0n) is 7.13. The predicted molar refractivity (Wildman–Crippen MR) is 55.6 cm³/mol. The average molecular weight is 226 g/mol. The zero-order valence-corrected chi connectivity index (χ0v) is 8.71. The van der Waals surface area contributed by atoms with E-state index in [1.54, 1.807) is 0 Å². The van der Waals surface area contributed by atoms with Gasteiger partial charge in [-0.15, -0.1) is 0 Å². The number of nitrogens with zero attached hydrogens (tertiary/aromatic N) is 1. The van der Waals surface area contributed by atoms with Crippen LogP contribution in [0.25, 0.3) is 0 Å². The summed E-state index contributed by atoms with van der Waals surface area (Å²) in [7, 11) is 0. The first kappa shape index (κ1) is 8.11. The third-order valence-corrected chi connectivity index (χ3v) is 3.52. The standard InChI is InChI=1S/C10H12BrN/c1-8-6-7-9-4-2-3-5-10(9)12(8)11/h2-5,8H,6-7H2,1H3. The summed E-state index contributed by atoms with van der Waals surface area (Å²) in [4.78, 5) is 0. The maximum absolute atomic E-state index is 3.59. The van der Waals surface area contributed by atoms with Crippen molar-refractivity contribution in [1.82, 2.24) is 0 Å². The van der Waals surface area contributed by atoms with Gasteiger partial charge in [0.1, 0.15) is 0 Å². The van der Waals surface area contributed by atoms with E-state index in [0.29, 0.717) is 6.04 Å². The first-order valence-electron chi connectivity index (χ1n) is 4.32. The Bertz CT molecular complexity index is 285. The van der Waals surface area contributed by atoms with Gasteiger partial charge < -0.3 is 3.93 Å². The van der Waals surface area contributed by atoms with E-state index in [1.165, 1.54) is 24.1 Å². The van der Waals surface area contributed by atoms with E-state index in [2.05, 4.69) is 51.3 Å². The Balaban J connectivity index is 2.42. The van der Waals surface area contributed by atoms with Gasteiger partial charge in [-0.1, -0.05) is 18.2 Å². The summed E-state index contributed by atoms with van der Waals surface area (Å²) >= 11 is 3.59. The van der Waals surface area contributed by atoms with Gasteiger partial charge in [0.15, 0.2) is 0 Å². The van der Waals surface area contributed by atoms with E-state index in [-0.39, 0.29) is 0 Å². The highest BCUT2D eigenvalue weighted by molar-refractivity contribution is 9.10. The predicted octanol–water partition coefficient (Wildman–Crippen LogP) is 3.14. The van der Waals surface area contributed by atoms with Gasteiger partial charge in [0.2, 0.25) is 0 Å². The van der Waals surface area contributed by atoms with Crippen LogP contribution in [0, 0.1) is 0 Å². The molecular weight excluding hydrogens is 214 g/mol. The van der Waals surface area contributed by atoms with Crippen LogP contribution in [0.15, 0.2) is 24.3 Å². The van der Waals surface area contributed by atoms with Gasteiger partial charge in [-0.05, 0) is 31.4 Å². The van der Waals surface area contributed by atoms with Crippen LogP contribution < -0.4 is 3.93 Å². The summed E-state index contributed by atoms with van der Waals surface area (Å²) < 4.78 is 2.19. The summed E-state index contributed by atoms with van der Waals surface area (Å²) in [6.45, 7) is 2.24. The minimum atomic E-state index is 0.611. The molecule has 1 aromatic carbocycles. The lowest BCUT2D eigenvalue weighted by molar-refractivity contribution is 0.649. The molecule has 1 nitrogen and oxygen atoms in total. The van der Waals surface area contributed by atoms with E-state index >= 15 is 0 Å². The van der Waals surface area contributed by atoms with Crippen molar-refractivity contribution >= 4 is 21.8 Å². The van der Waals surface area contributed by atoms with Crippen molar-refractivity contribution in [3.63, 3.8) is 0 Å². The van der Waals surface area contributed by atoms with E-state index in [4.69, 9.17) is 0 Å². The number of aryl methyl sites for hydroxylation is 1. The Morgan fingerprint density at radius 2 is 2.17 bits per heavy atom. The van der Waals surface area contributed by atoms with Gasteiger partial charge in [-0.3, -0.25) is 0 Å². The molecule has 12 heavy (non-hydrogen) atoms. The largest absolute Gasteiger partial charge is 0.306 e. The lowest BCUT2D eigenvalue weighted by atomic mass is 9.99.